The molecule has 0 unspecified atom stereocenters. The molecule has 0 bridgehead atoms. The van der Waals surface area contributed by atoms with Crippen LogP contribution in [0.3, 0.4) is 0 Å². The minimum absolute atomic E-state index is 0.0259. The largest absolute Gasteiger partial charge is 0.336 e. The first-order valence-corrected chi connectivity index (χ1v) is 14.1. The normalized spacial score (nSPS) is 17.7. The summed E-state index contributed by atoms with van der Waals surface area (Å²) in [5, 5.41) is 1.82. The van der Waals surface area contributed by atoms with Gasteiger partial charge in [-0.25, -0.2) is 21.6 Å². The molecule has 3 aromatic carbocycles. The molecule has 1 heterocycles. The molecule has 0 radical (unpaired) electrons. The Morgan fingerprint density at radius 2 is 1.47 bits per heavy atom. The van der Waals surface area contributed by atoms with E-state index in [0.717, 1.165) is 23.6 Å². The van der Waals surface area contributed by atoms with Gasteiger partial charge < -0.3 is 4.90 Å². The lowest BCUT2D eigenvalue weighted by Gasteiger charge is -2.34. The summed E-state index contributed by atoms with van der Waals surface area (Å²) in [5.41, 5.74) is 0.268. The summed E-state index contributed by atoms with van der Waals surface area (Å²) in [6.07, 6.45) is 1.65. The van der Waals surface area contributed by atoms with E-state index in [4.69, 9.17) is 0 Å². The van der Waals surface area contributed by atoms with Crippen LogP contribution in [0.5, 0.6) is 0 Å². The molecule has 10 heteroatoms. The predicted octanol–water partition coefficient (Wildman–Crippen LogP) is 2.43. The molecule has 178 valence electrons. The van der Waals surface area contributed by atoms with Crippen molar-refractivity contribution in [3.05, 3.63) is 72.3 Å². The van der Waals surface area contributed by atoms with E-state index >= 15 is 0 Å². The van der Waals surface area contributed by atoms with Crippen molar-refractivity contribution in [2.45, 2.75) is 28.7 Å². The number of piperazine rings is 1. The van der Waals surface area contributed by atoms with Crippen molar-refractivity contribution >= 4 is 36.7 Å². The van der Waals surface area contributed by atoms with Crippen LogP contribution in [-0.2, 0) is 20.0 Å². The molecule has 1 aliphatic carbocycles. The third-order valence-corrected chi connectivity index (χ3v) is 9.59. The van der Waals surface area contributed by atoms with Crippen molar-refractivity contribution in [2.24, 2.45) is 0 Å². The second-order valence-electron chi connectivity index (χ2n) is 8.63. The van der Waals surface area contributed by atoms with Gasteiger partial charge in [0, 0.05) is 37.8 Å². The first-order chi connectivity index (χ1) is 16.2. The quantitative estimate of drug-likeness (QED) is 0.561. The second-order valence-corrected chi connectivity index (χ2v) is 12.3. The van der Waals surface area contributed by atoms with Gasteiger partial charge in [0.1, 0.15) is 0 Å². The van der Waals surface area contributed by atoms with Crippen molar-refractivity contribution in [1.82, 2.24) is 13.9 Å². The SMILES string of the molecule is O=C(c1cccc(S(=O)(=O)NC2CC2)c1)N1CCN(S(=O)(=O)c2ccc3ccccc3c2)CC1. The zero-order chi connectivity index (χ0) is 23.9. The van der Waals surface area contributed by atoms with E-state index in [9.17, 15) is 21.6 Å². The number of rotatable bonds is 6. The maximum atomic E-state index is 13.2. The van der Waals surface area contributed by atoms with E-state index in [2.05, 4.69) is 4.72 Å². The Kier molecular flexibility index (Phi) is 5.93. The van der Waals surface area contributed by atoms with E-state index in [0.29, 0.717) is 0 Å². The van der Waals surface area contributed by atoms with Crippen LogP contribution in [0.2, 0.25) is 0 Å². The number of nitrogens with one attached hydrogen (secondary N) is 1. The first-order valence-electron chi connectivity index (χ1n) is 11.1. The van der Waals surface area contributed by atoms with Crippen molar-refractivity contribution in [1.29, 1.82) is 0 Å². The standard InChI is InChI=1S/C24H25N3O5S2/c28-24(20-6-3-7-22(17-20)33(29,30)25-21-9-10-21)26-12-14-27(15-13-26)34(31,32)23-11-8-18-4-1-2-5-19(18)16-23/h1-8,11,16-17,21,25H,9-10,12-15H2. The van der Waals surface area contributed by atoms with E-state index in [1.165, 1.54) is 16.4 Å². The highest BCUT2D eigenvalue weighted by atomic mass is 32.2. The van der Waals surface area contributed by atoms with Crippen molar-refractivity contribution in [3.63, 3.8) is 0 Å². The number of amides is 1. The number of carbonyl (C=O) groups is 1. The smallest absolute Gasteiger partial charge is 0.253 e. The molecule has 8 nitrogen and oxygen atoms in total. The molecule has 1 amide bonds. The van der Waals surface area contributed by atoms with Gasteiger partial charge >= 0.3 is 0 Å². The van der Waals surface area contributed by atoms with Crippen LogP contribution in [0.25, 0.3) is 10.8 Å². The summed E-state index contributed by atoms with van der Waals surface area (Å²) in [4.78, 5) is 14.9. The van der Waals surface area contributed by atoms with Crippen LogP contribution in [-0.4, -0.2) is 64.2 Å². The third-order valence-electron chi connectivity index (χ3n) is 6.18. The predicted molar refractivity (Wildman–Crippen MR) is 128 cm³/mol. The summed E-state index contributed by atoms with van der Waals surface area (Å²) in [5.74, 6) is -0.314. The van der Waals surface area contributed by atoms with Gasteiger partial charge in [-0.1, -0.05) is 36.4 Å². The molecule has 0 atom stereocenters. The zero-order valence-electron chi connectivity index (χ0n) is 18.4. The summed E-state index contributed by atoms with van der Waals surface area (Å²) >= 11 is 0. The van der Waals surface area contributed by atoms with Crippen LogP contribution >= 0.6 is 0 Å². The molecular formula is C24H25N3O5S2. The molecule has 1 N–H and O–H groups in total. The van der Waals surface area contributed by atoms with Crippen LogP contribution < -0.4 is 4.72 Å². The maximum Gasteiger partial charge on any atom is 0.253 e. The molecule has 3 aromatic rings. The lowest BCUT2D eigenvalue weighted by atomic mass is 10.1. The van der Waals surface area contributed by atoms with Crippen molar-refractivity contribution in [3.8, 4) is 0 Å². The second kappa shape index (κ2) is 8.77. The average Bonchev–Trinajstić information content (AvgIpc) is 3.67. The third kappa shape index (κ3) is 4.58. The van der Waals surface area contributed by atoms with Gasteiger partial charge in [0.25, 0.3) is 5.91 Å². The number of benzene rings is 3. The molecule has 1 saturated carbocycles. The van der Waals surface area contributed by atoms with Gasteiger partial charge in [-0.05, 0) is 53.9 Å². The van der Waals surface area contributed by atoms with Gasteiger partial charge in [0.2, 0.25) is 20.0 Å². The van der Waals surface area contributed by atoms with E-state index in [-0.39, 0.29) is 53.5 Å². The Hall–Kier alpha value is -2.79. The van der Waals surface area contributed by atoms with Crippen molar-refractivity contribution < 1.29 is 21.6 Å². The summed E-state index contributed by atoms with van der Waals surface area (Å²) in [7, 11) is -7.36. The lowest BCUT2D eigenvalue weighted by Crippen LogP contribution is -2.50. The Balaban J connectivity index is 1.28. The fourth-order valence-corrected chi connectivity index (χ4v) is 6.88. The molecule has 2 fully saturated rings. The lowest BCUT2D eigenvalue weighted by molar-refractivity contribution is 0.0697. The van der Waals surface area contributed by atoms with E-state index in [1.54, 1.807) is 35.2 Å². The van der Waals surface area contributed by atoms with Gasteiger partial charge in [-0.3, -0.25) is 4.79 Å². The fourth-order valence-electron chi connectivity index (χ4n) is 4.08. The van der Waals surface area contributed by atoms with Gasteiger partial charge in [-0.15, -0.1) is 0 Å². The van der Waals surface area contributed by atoms with Gasteiger partial charge in [0.15, 0.2) is 0 Å². The zero-order valence-corrected chi connectivity index (χ0v) is 20.1. The molecule has 0 aromatic heterocycles. The maximum absolute atomic E-state index is 13.2. The number of sulfonamides is 2. The van der Waals surface area contributed by atoms with E-state index < -0.39 is 20.0 Å². The van der Waals surface area contributed by atoms with Crippen LogP contribution in [0.4, 0.5) is 0 Å². The number of hydrogen-bond acceptors (Lipinski definition) is 5. The minimum Gasteiger partial charge on any atom is -0.336 e. The Bertz CT molecular complexity index is 1460. The molecule has 0 spiro atoms. The Morgan fingerprint density at radius 3 is 2.18 bits per heavy atom. The van der Waals surface area contributed by atoms with Gasteiger partial charge in [0.05, 0.1) is 9.79 Å². The van der Waals surface area contributed by atoms with Crippen LogP contribution in [0, 0.1) is 0 Å². The number of nitrogens with zero attached hydrogens (tertiary/aromatic N) is 2. The molecule has 5 rings (SSSR count). The van der Waals surface area contributed by atoms with E-state index in [1.807, 2.05) is 24.3 Å². The van der Waals surface area contributed by atoms with Gasteiger partial charge in [-0.2, -0.15) is 4.31 Å². The molecule has 34 heavy (non-hydrogen) atoms. The molecule has 2 aliphatic rings. The first kappa shape index (κ1) is 23.0. The number of fused-ring (bicyclic) bond motifs is 1. The summed E-state index contributed by atoms with van der Waals surface area (Å²) in [6.45, 7) is 0.788. The monoisotopic (exact) mass is 499 g/mol. The Labute approximate surface area is 199 Å². The molecule has 1 saturated heterocycles. The topological polar surface area (TPSA) is 104 Å². The molecule has 1 aliphatic heterocycles. The van der Waals surface area contributed by atoms with Crippen LogP contribution in [0.1, 0.15) is 23.2 Å². The van der Waals surface area contributed by atoms with Crippen molar-refractivity contribution in [2.75, 3.05) is 26.2 Å². The highest BCUT2D eigenvalue weighted by Crippen LogP contribution is 2.25. The Morgan fingerprint density at radius 1 is 0.765 bits per heavy atom. The number of hydrogen-bond donors (Lipinski definition) is 1. The van der Waals surface area contributed by atoms with Crippen LogP contribution in [0.15, 0.2) is 76.5 Å². The fraction of sp³-hybridized carbons (Fsp3) is 0.292. The molecular weight excluding hydrogens is 474 g/mol. The summed E-state index contributed by atoms with van der Waals surface area (Å²) in [6, 6.07) is 18.6. The highest BCUT2D eigenvalue weighted by molar-refractivity contribution is 7.89. The number of carbonyl (C=O) groups excluding carboxylic acids is 1. The minimum atomic E-state index is -3.69. The summed E-state index contributed by atoms with van der Waals surface area (Å²) < 4.78 is 55.3. The average molecular weight is 500 g/mol. The highest BCUT2D eigenvalue weighted by Gasteiger charge is 2.32.